The lowest BCUT2D eigenvalue weighted by Gasteiger charge is -2.09. The molecule has 0 atom stereocenters. The summed E-state index contributed by atoms with van der Waals surface area (Å²) in [6, 6.07) is 6.12. The number of halogens is 3. The van der Waals surface area contributed by atoms with E-state index in [1.165, 1.54) is 19.1 Å². The molecule has 0 aliphatic carbocycles. The Morgan fingerprint density at radius 2 is 1.88 bits per heavy atom. The van der Waals surface area contributed by atoms with Crippen molar-refractivity contribution < 1.29 is 22.7 Å². The van der Waals surface area contributed by atoms with Crippen LogP contribution in [-0.4, -0.2) is 22.2 Å². The molecule has 2 aromatic rings. The fraction of sp³-hybridized carbons (Fsp3) is 0.188. The smallest absolute Gasteiger partial charge is 0.406 e. The van der Waals surface area contributed by atoms with Gasteiger partial charge in [0.05, 0.1) is 0 Å². The molecule has 1 heterocycles. The molecule has 0 aliphatic rings. The second-order valence-electron chi connectivity index (χ2n) is 4.59. The van der Waals surface area contributed by atoms with Crippen LogP contribution in [0.3, 0.4) is 0 Å². The Bertz CT molecular complexity index is 796. The number of nitrogens with zero attached hydrogens (tertiary/aromatic N) is 1. The summed E-state index contributed by atoms with van der Waals surface area (Å²) in [5.41, 5.74) is 0.0778. The summed E-state index contributed by atoms with van der Waals surface area (Å²) in [7, 11) is 0. The molecule has 9 heteroatoms. The normalized spacial score (nSPS) is 10.3. The highest BCUT2D eigenvalue weighted by Crippen LogP contribution is 2.22. The standard InChI is InChI=1S/C14H12F3N3O3.C2H2/c1-8-19-11(6-12(21)20-8)13(22)18-7-9-2-4-10(5-3-9)23-14(15,16)17;1-2/h2-6H,7H2,1H3,(H,18,22)(H,19,20,21);1-2H. The van der Waals surface area contributed by atoms with E-state index in [-0.39, 0.29) is 18.0 Å². The molecule has 0 fully saturated rings. The molecule has 2 rings (SSSR count). The van der Waals surface area contributed by atoms with Crippen molar-refractivity contribution in [1.82, 2.24) is 15.3 Å². The van der Waals surface area contributed by atoms with Gasteiger partial charge in [-0.1, -0.05) is 12.1 Å². The van der Waals surface area contributed by atoms with Crippen molar-refractivity contribution in [2.75, 3.05) is 0 Å². The predicted octanol–water partition coefficient (Wildman–Crippen LogP) is 2.16. The zero-order valence-corrected chi connectivity index (χ0v) is 13.1. The van der Waals surface area contributed by atoms with Gasteiger partial charge in [-0.05, 0) is 24.6 Å². The maximum atomic E-state index is 12.0. The number of hydrogen-bond donors (Lipinski definition) is 2. The highest BCUT2D eigenvalue weighted by Gasteiger charge is 2.30. The lowest BCUT2D eigenvalue weighted by molar-refractivity contribution is -0.274. The summed E-state index contributed by atoms with van der Waals surface area (Å²) in [5, 5.41) is 2.52. The second kappa shape index (κ2) is 8.54. The van der Waals surface area contributed by atoms with E-state index in [0.717, 1.165) is 18.2 Å². The minimum absolute atomic E-state index is 0.0386. The van der Waals surface area contributed by atoms with Crippen molar-refractivity contribution in [3.63, 3.8) is 0 Å². The summed E-state index contributed by atoms with van der Waals surface area (Å²) in [5.74, 6) is -0.606. The van der Waals surface area contributed by atoms with E-state index < -0.39 is 17.8 Å². The van der Waals surface area contributed by atoms with Gasteiger partial charge in [-0.25, -0.2) is 4.98 Å². The molecule has 6 nitrogen and oxygen atoms in total. The number of amides is 1. The van der Waals surface area contributed by atoms with Gasteiger partial charge in [0.1, 0.15) is 17.3 Å². The molecule has 0 radical (unpaired) electrons. The van der Waals surface area contributed by atoms with Crippen molar-refractivity contribution >= 4 is 5.91 Å². The van der Waals surface area contributed by atoms with Crippen LogP contribution in [0.4, 0.5) is 13.2 Å². The van der Waals surface area contributed by atoms with Crippen molar-refractivity contribution in [2.24, 2.45) is 0 Å². The average Bonchev–Trinajstić information content (AvgIpc) is 2.53. The van der Waals surface area contributed by atoms with Crippen molar-refractivity contribution in [3.05, 3.63) is 57.8 Å². The second-order valence-corrected chi connectivity index (χ2v) is 4.59. The Hall–Kier alpha value is -3.28. The van der Waals surface area contributed by atoms with Crippen molar-refractivity contribution in [3.8, 4) is 18.6 Å². The van der Waals surface area contributed by atoms with Gasteiger partial charge in [0.2, 0.25) is 0 Å². The number of H-pyrrole nitrogens is 1. The number of benzene rings is 1. The van der Waals surface area contributed by atoms with Gasteiger partial charge in [-0.2, -0.15) is 0 Å². The molecule has 0 aliphatic heterocycles. The van der Waals surface area contributed by atoms with Crippen LogP contribution in [0.1, 0.15) is 21.9 Å². The molecule has 0 bridgehead atoms. The molecule has 1 amide bonds. The number of nitrogens with one attached hydrogen (secondary N) is 2. The highest BCUT2D eigenvalue weighted by atomic mass is 19.4. The van der Waals surface area contributed by atoms with Crippen LogP contribution in [0.25, 0.3) is 0 Å². The first kappa shape index (κ1) is 19.8. The van der Waals surface area contributed by atoms with E-state index >= 15 is 0 Å². The Morgan fingerprint density at radius 1 is 1.28 bits per heavy atom. The maximum absolute atomic E-state index is 12.0. The van der Waals surface area contributed by atoms with Gasteiger partial charge < -0.3 is 15.0 Å². The average molecular weight is 353 g/mol. The van der Waals surface area contributed by atoms with Crippen LogP contribution >= 0.6 is 0 Å². The predicted molar refractivity (Wildman–Crippen MR) is 83.8 cm³/mol. The molecule has 0 saturated carbocycles. The van der Waals surface area contributed by atoms with Crippen LogP contribution in [0.5, 0.6) is 5.75 Å². The molecular weight excluding hydrogens is 339 g/mol. The SMILES string of the molecule is C#C.Cc1nc(C(=O)NCc2ccc(OC(F)(F)F)cc2)cc(=O)[nH]1. The van der Waals surface area contributed by atoms with Crippen molar-refractivity contribution in [1.29, 1.82) is 0 Å². The molecule has 0 spiro atoms. The van der Waals surface area contributed by atoms with Gasteiger partial charge in [0.25, 0.3) is 11.5 Å². The lowest BCUT2D eigenvalue weighted by atomic mass is 10.2. The van der Waals surface area contributed by atoms with E-state index in [0.29, 0.717) is 11.4 Å². The zero-order valence-electron chi connectivity index (χ0n) is 13.1. The summed E-state index contributed by atoms with van der Waals surface area (Å²) in [6.45, 7) is 1.61. The monoisotopic (exact) mass is 353 g/mol. The first-order valence-corrected chi connectivity index (χ1v) is 6.77. The Balaban J connectivity index is 0.00000151. The number of aromatic nitrogens is 2. The van der Waals surface area contributed by atoms with E-state index in [9.17, 15) is 22.8 Å². The van der Waals surface area contributed by atoms with Gasteiger partial charge in [-0.3, -0.25) is 9.59 Å². The third-order valence-electron chi connectivity index (χ3n) is 2.70. The Morgan fingerprint density at radius 3 is 2.40 bits per heavy atom. The summed E-state index contributed by atoms with van der Waals surface area (Å²) in [6.07, 6.45) is 3.25. The zero-order chi connectivity index (χ0) is 19.0. The lowest BCUT2D eigenvalue weighted by Crippen LogP contribution is -2.26. The molecular formula is C16H14F3N3O3. The quantitative estimate of drug-likeness (QED) is 0.825. The minimum atomic E-state index is -4.75. The first-order chi connectivity index (χ1) is 11.7. The number of alkyl halides is 3. The molecule has 0 unspecified atom stereocenters. The van der Waals surface area contributed by atoms with E-state index in [1.54, 1.807) is 0 Å². The van der Waals surface area contributed by atoms with Crippen LogP contribution in [0, 0.1) is 19.8 Å². The fourth-order valence-corrected chi connectivity index (χ4v) is 1.78. The van der Waals surface area contributed by atoms with Crippen molar-refractivity contribution in [2.45, 2.75) is 19.8 Å². The van der Waals surface area contributed by atoms with Crippen LogP contribution in [0.2, 0.25) is 0 Å². The fourth-order valence-electron chi connectivity index (χ4n) is 1.78. The van der Waals surface area contributed by atoms with Gasteiger partial charge in [0.15, 0.2) is 0 Å². The summed E-state index contributed by atoms with van der Waals surface area (Å²) < 4.78 is 39.8. The van der Waals surface area contributed by atoms with E-state index in [2.05, 4.69) is 32.9 Å². The van der Waals surface area contributed by atoms with E-state index in [1.807, 2.05) is 0 Å². The van der Waals surface area contributed by atoms with Crippen LogP contribution in [0.15, 0.2) is 35.1 Å². The molecule has 1 aromatic heterocycles. The largest absolute Gasteiger partial charge is 0.573 e. The topological polar surface area (TPSA) is 84.1 Å². The summed E-state index contributed by atoms with van der Waals surface area (Å²) in [4.78, 5) is 29.4. The number of rotatable bonds is 4. The molecule has 25 heavy (non-hydrogen) atoms. The third-order valence-corrected chi connectivity index (χ3v) is 2.70. The van der Waals surface area contributed by atoms with Gasteiger partial charge >= 0.3 is 6.36 Å². The number of carbonyl (C=O) groups is 1. The number of carbonyl (C=O) groups excluding carboxylic acids is 1. The summed E-state index contributed by atoms with van der Waals surface area (Å²) >= 11 is 0. The maximum Gasteiger partial charge on any atom is 0.573 e. The molecule has 0 saturated heterocycles. The highest BCUT2D eigenvalue weighted by molar-refractivity contribution is 5.92. The Kier molecular flexibility index (Phi) is 6.75. The molecule has 132 valence electrons. The van der Waals surface area contributed by atoms with Gasteiger partial charge in [-0.15, -0.1) is 26.0 Å². The number of hydrogen-bond acceptors (Lipinski definition) is 4. The first-order valence-electron chi connectivity index (χ1n) is 6.77. The van der Waals surface area contributed by atoms with Crippen LogP contribution < -0.4 is 15.6 Å². The van der Waals surface area contributed by atoms with Crippen LogP contribution in [-0.2, 0) is 6.54 Å². The minimum Gasteiger partial charge on any atom is -0.406 e. The third kappa shape index (κ3) is 6.78. The van der Waals surface area contributed by atoms with E-state index in [4.69, 9.17) is 0 Å². The van der Waals surface area contributed by atoms with Gasteiger partial charge in [0, 0.05) is 12.6 Å². The molecule has 2 N–H and O–H groups in total. The number of ether oxygens (including phenoxy) is 1. The molecule has 1 aromatic carbocycles. The number of terminal acetylenes is 1. The number of aromatic amines is 1. The number of aryl methyl sites for hydroxylation is 1. The Labute approximate surface area is 141 Å².